The van der Waals surface area contributed by atoms with Gasteiger partial charge < -0.3 is 8.85 Å². The van der Waals surface area contributed by atoms with Crippen molar-refractivity contribution in [2.45, 2.75) is 19.9 Å². The molecule has 0 heterocycles. The zero-order valence-electron chi connectivity index (χ0n) is 9.80. The summed E-state index contributed by atoms with van der Waals surface area (Å²) in [5.41, 5.74) is -0.162. The van der Waals surface area contributed by atoms with Gasteiger partial charge in [0.05, 0.1) is 0 Å². The van der Waals surface area contributed by atoms with Gasteiger partial charge in [-0.2, -0.15) is 0 Å². The van der Waals surface area contributed by atoms with E-state index < -0.39 is 26.7 Å². The maximum atomic E-state index is 13.4. The summed E-state index contributed by atoms with van der Waals surface area (Å²) in [4.78, 5) is 0. The second-order valence-electron chi connectivity index (χ2n) is 3.39. The number of benzene rings is 1. The molecule has 1 aromatic rings. The summed E-state index contributed by atoms with van der Waals surface area (Å²) >= 11 is 0. The molecule has 0 aromatic heterocycles. The number of rotatable bonds is 6. The second-order valence-corrected chi connectivity index (χ2v) is 5.33. The van der Waals surface area contributed by atoms with E-state index >= 15 is 0 Å². The van der Waals surface area contributed by atoms with Crippen LogP contribution in [0.3, 0.4) is 0 Å². The van der Waals surface area contributed by atoms with E-state index in [0.717, 1.165) is 0 Å². The molecule has 17 heavy (non-hydrogen) atoms. The van der Waals surface area contributed by atoms with Crippen molar-refractivity contribution in [1.29, 1.82) is 0 Å². The first-order valence-corrected chi connectivity index (χ1v) is 7.21. The average molecular weight is 264 g/mol. The molecule has 1 rings (SSSR count). The molecule has 0 aliphatic rings. The van der Waals surface area contributed by atoms with Crippen LogP contribution in [0.1, 0.15) is 19.4 Å². The topological polar surface area (TPSA) is 18.5 Å². The van der Waals surface area contributed by atoms with Crippen molar-refractivity contribution in [3.05, 3.63) is 35.1 Å². The molecule has 0 spiro atoms. The minimum Gasteiger partial charge on any atom is -0.397 e. The first-order valence-electron chi connectivity index (χ1n) is 5.45. The summed E-state index contributed by atoms with van der Waals surface area (Å²) < 4.78 is 50.1. The summed E-state index contributed by atoms with van der Waals surface area (Å²) in [6.07, 6.45) is 0. The zero-order chi connectivity index (χ0) is 12.8. The van der Waals surface area contributed by atoms with Crippen LogP contribution >= 0.6 is 0 Å². The van der Waals surface area contributed by atoms with Crippen LogP contribution in [0, 0.1) is 17.5 Å². The molecule has 0 saturated carbocycles. The fourth-order valence-electron chi connectivity index (χ4n) is 1.47. The predicted molar refractivity (Wildman–Crippen MR) is 60.4 cm³/mol. The van der Waals surface area contributed by atoms with Gasteiger partial charge in [-0.15, -0.1) is 0 Å². The quantitative estimate of drug-likeness (QED) is 0.735. The summed E-state index contributed by atoms with van der Waals surface area (Å²) in [5.74, 6) is -2.70. The summed E-state index contributed by atoms with van der Waals surface area (Å²) in [5, 5.41) is 0. The molecule has 2 nitrogen and oxygen atoms in total. The van der Waals surface area contributed by atoms with E-state index in [2.05, 4.69) is 0 Å². The van der Waals surface area contributed by atoms with Gasteiger partial charge >= 0.3 is 9.28 Å². The maximum Gasteiger partial charge on any atom is 0.326 e. The Balaban J connectivity index is 2.84. The molecule has 0 fully saturated rings. The number of hydrogen-bond donors (Lipinski definition) is 0. The Labute approximate surface area is 100 Å². The monoisotopic (exact) mass is 264 g/mol. The fourth-order valence-corrected chi connectivity index (χ4v) is 3.27. The Hall–Kier alpha value is -0.853. The van der Waals surface area contributed by atoms with Crippen LogP contribution in [0.2, 0.25) is 0 Å². The molecule has 1 aromatic carbocycles. The van der Waals surface area contributed by atoms with Gasteiger partial charge in [0.1, 0.15) is 17.5 Å². The molecular weight excluding hydrogens is 249 g/mol. The minimum atomic E-state index is -2.13. The standard InChI is InChI=1S/C11H15F3O2Si/c1-3-15-17(16-4-2)7-9-10(13)5-8(12)6-11(9)14/h5-6,17H,3-4,7H2,1-2H3. The minimum absolute atomic E-state index is 0.0552. The van der Waals surface area contributed by atoms with Gasteiger partial charge in [0.2, 0.25) is 0 Å². The van der Waals surface area contributed by atoms with Gasteiger partial charge in [-0.25, -0.2) is 13.2 Å². The van der Waals surface area contributed by atoms with Gasteiger partial charge in [-0.3, -0.25) is 0 Å². The molecule has 0 unspecified atom stereocenters. The van der Waals surface area contributed by atoms with Gasteiger partial charge in [0.25, 0.3) is 0 Å². The molecule has 0 amide bonds. The Morgan fingerprint density at radius 2 is 1.47 bits per heavy atom. The summed E-state index contributed by atoms with van der Waals surface area (Å²) in [7, 11) is -2.13. The van der Waals surface area contributed by atoms with E-state index in [4.69, 9.17) is 8.85 Å². The maximum absolute atomic E-state index is 13.4. The summed E-state index contributed by atoms with van der Waals surface area (Å²) in [6, 6.07) is 1.39. The van der Waals surface area contributed by atoms with E-state index in [-0.39, 0.29) is 11.6 Å². The van der Waals surface area contributed by atoms with Crippen molar-refractivity contribution in [3.63, 3.8) is 0 Å². The van der Waals surface area contributed by atoms with Crippen LogP contribution in [0.5, 0.6) is 0 Å². The number of hydrogen-bond acceptors (Lipinski definition) is 2. The number of halogens is 3. The van der Waals surface area contributed by atoms with Gasteiger partial charge in [0, 0.05) is 37.0 Å². The van der Waals surface area contributed by atoms with Crippen LogP contribution < -0.4 is 0 Å². The molecule has 0 N–H and O–H groups in total. The van der Waals surface area contributed by atoms with E-state index in [0.29, 0.717) is 25.3 Å². The average Bonchev–Trinajstić information content (AvgIpc) is 2.23. The first kappa shape index (κ1) is 14.2. The van der Waals surface area contributed by atoms with Crippen molar-refractivity contribution in [1.82, 2.24) is 0 Å². The van der Waals surface area contributed by atoms with Crippen molar-refractivity contribution in [2.24, 2.45) is 0 Å². The Morgan fingerprint density at radius 1 is 1.00 bits per heavy atom. The van der Waals surface area contributed by atoms with Gasteiger partial charge in [-0.1, -0.05) is 0 Å². The summed E-state index contributed by atoms with van der Waals surface area (Å²) in [6.45, 7) is 4.44. The van der Waals surface area contributed by atoms with E-state index in [9.17, 15) is 13.2 Å². The molecular formula is C11H15F3O2Si. The zero-order valence-corrected chi connectivity index (χ0v) is 11.0. The van der Waals surface area contributed by atoms with Gasteiger partial charge in [-0.05, 0) is 13.8 Å². The molecule has 0 saturated heterocycles. The van der Waals surface area contributed by atoms with Gasteiger partial charge in [0.15, 0.2) is 0 Å². The predicted octanol–water partition coefficient (Wildman–Crippen LogP) is 2.48. The van der Waals surface area contributed by atoms with Crippen LogP contribution in [-0.2, 0) is 14.9 Å². The Kier molecular flexibility index (Phi) is 5.67. The molecule has 0 aliphatic carbocycles. The lowest BCUT2D eigenvalue weighted by Gasteiger charge is -2.15. The lowest BCUT2D eigenvalue weighted by Crippen LogP contribution is -2.27. The highest BCUT2D eigenvalue weighted by Gasteiger charge is 2.20. The van der Waals surface area contributed by atoms with E-state index in [1.165, 1.54) is 0 Å². The molecule has 0 aliphatic heterocycles. The Morgan fingerprint density at radius 3 is 1.88 bits per heavy atom. The highest BCUT2D eigenvalue weighted by molar-refractivity contribution is 6.43. The smallest absolute Gasteiger partial charge is 0.326 e. The largest absolute Gasteiger partial charge is 0.397 e. The normalized spacial score (nSPS) is 11.2. The van der Waals surface area contributed by atoms with Crippen molar-refractivity contribution in [3.8, 4) is 0 Å². The highest BCUT2D eigenvalue weighted by Crippen LogP contribution is 2.16. The first-order chi connectivity index (χ1) is 8.08. The van der Waals surface area contributed by atoms with E-state index in [1.807, 2.05) is 0 Å². The Bertz CT molecular complexity index is 345. The lowest BCUT2D eigenvalue weighted by molar-refractivity contribution is 0.212. The van der Waals surface area contributed by atoms with Crippen LogP contribution in [-0.4, -0.2) is 22.5 Å². The SMILES string of the molecule is CCO[SiH](Cc1c(F)cc(F)cc1F)OCC. The van der Waals surface area contributed by atoms with Crippen molar-refractivity contribution >= 4 is 9.28 Å². The third-order valence-electron chi connectivity index (χ3n) is 2.18. The van der Waals surface area contributed by atoms with Crippen LogP contribution in [0.25, 0.3) is 0 Å². The fraction of sp³-hybridized carbons (Fsp3) is 0.455. The van der Waals surface area contributed by atoms with Crippen LogP contribution in [0.15, 0.2) is 12.1 Å². The molecule has 0 atom stereocenters. The van der Waals surface area contributed by atoms with Crippen LogP contribution in [0.4, 0.5) is 13.2 Å². The second kappa shape index (κ2) is 6.78. The lowest BCUT2D eigenvalue weighted by atomic mass is 10.2. The third-order valence-corrected chi connectivity index (χ3v) is 4.33. The third kappa shape index (κ3) is 4.14. The molecule has 96 valence electrons. The molecule has 6 heteroatoms. The van der Waals surface area contributed by atoms with Crippen molar-refractivity contribution in [2.75, 3.05) is 13.2 Å². The molecule has 0 radical (unpaired) electrons. The van der Waals surface area contributed by atoms with E-state index in [1.54, 1.807) is 13.8 Å². The van der Waals surface area contributed by atoms with Crippen molar-refractivity contribution < 1.29 is 22.0 Å². The highest BCUT2D eigenvalue weighted by atomic mass is 28.3. The molecule has 0 bridgehead atoms.